The fourth-order valence-electron chi connectivity index (χ4n) is 3.70. The Labute approximate surface area is 152 Å². The lowest BCUT2D eigenvalue weighted by Crippen LogP contribution is -1.87. The third-order valence-electron chi connectivity index (χ3n) is 4.94. The third-order valence-corrected chi connectivity index (χ3v) is 4.94. The Hall–Kier alpha value is -3.45. The van der Waals surface area contributed by atoms with Crippen LogP contribution in [0.3, 0.4) is 0 Å². The first-order valence-corrected chi connectivity index (χ1v) is 8.81. The Morgan fingerprint density at radius 2 is 1.23 bits per heavy atom. The summed E-state index contributed by atoms with van der Waals surface area (Å²) in [7, 11) is 0. The van der Waals surface area contributed by atoms with E-state index in [1.54, 1.807) is 0 Å². The van der Waals surface area contributed by atoms with Crippen LogP contribution in [0.4, 0.5) is 0 Å². The van der Waals surface area contributed by atoms with Gasteiger partial charge in [-0.25, -0.2) is 0 Å². The van der Waals surface area contributed by atoms with Crippen molar-refractivity contribution in [3.8, 4) is 22.3 Å². The van der Waals surface area contributed by atoms with E-state index < -0.39 is 0 Å². The van der Waals surface area contributed by atoms with E-state index in [9.17, 15) is 0 Å². The average molecular weight is 331 g/mol. The van der Waals surface area contributed by atoms with Crippen molar-refractivity contribution >= 4 is 21.5 Å². The maximum absolute atomic E-state index is 4.31. The van der Waals surface area contributed by atoms with Gasteiger partial charge in [-0.15, -0.1) is 0 Å². The van der Waals surface area contributed by atoms with E-state index >= 15 is 0 Å². The Kier molecular flexibility index (Phi) is 3.50. The molecule has 0 unspecified atom stereocenters. The Bertz CT molecular complexity index is 1220. The number of nitrogens with zero attached hydrogens (tertiary/aromatic N) is 1. The molecule has 1 heteroatoms. The third kappa shape index (κ3) is 2.46. The van der Waals surface area contributed by atoms with Crippen molar-refractivity contribution in [2.45, 2.75) is 0 Å². The van der Waals surface area contributed by atoms with Gasteiger partial charge in [-0.2, -0.15) is 0 Å². The lowest BCUT2D eigenvalue weighted by molar-refractivity contribution is 1.33. The molecule has 0 saturated carbocycles. The second-order valence-electron chi connectivity index (χ2n) is 6.51. The highest BCUT2D eigenvalue weighted by Crippen LogP contribution is 2.37. The molecule has 1 aromatic heterocycles. The van der Waals surface area contributed by atoms with Gasteiger partial charge in [-0.05, 0) is 50.4 Å². The summed E-state index contributed by atoms with van der Waals surface area (Å²) in [5, 5.41) is 5.06. The van der Waals surface area contributed by atoms with Crippen molar-refractivity contribution in [2.24, 2.45) is 0 Å². The van der Waals surface area contributed by atoms with Crippen molar-refractivity contribution in [1.29, 1.82) is 0 Å². The van der Waals surface area contributed by atoms with Crippen LogP contribution in [0.15, 0.2) is 103 Å². The predicted octanol–water partition coefficient (Wildman–Crippen LogP) is 6.72. The van der Waals surface area contributed by atoms with Gasteiger partial charge in [0, 0.05) is 18.0 Å². The average Bonchev–Trinajstić information content (AvgIpc) is 2.73. The summed E-state index contributed by atoms with van der Waals surface area (Å²) in [5.74, 6) is 0. The maximum atomic E-state index is 4.31. The summed E-state index contributed by atoms with van der Waals surface area (Å²) in [5.41, 5.74) is 4.86. The molecule has 5 rings (SSSR count). The Balaban J connectivity index is 1.82. The van der Waals surface area contributed by atoms with Gasteiger partial charge < -0.3 is 0 Å². The van der Waals surface area contributed by atoms with Crippen molar-refractivity contribution in [3.05, 3.63) is 103 Å². The van der Waals surface area contributed by atoms with Gasteiger partial charge in [0.25, 0.3) is 0 Å². The molecular formula is C25H17N. The monoisotopic (exact) mass is 331 g/mol. The Morgan fingerprint density at radius 1 is 0.500 bits per heavy atom. The summed E-state index contributed by atoms with van der Waals surface area (Å²) in [6, 6.07) is 32.3. The van der Waals surface area contributed by atoms with Gasteiger partial charge in [-0.3, -0.25) is 4.98 Å². The van der Waals surface area contributed by atoms with E-state index in [0.29, 0.717) is 0 Å². The molecule has 0 bridgehead atoms. The SMILES string of the molecule is c1cncc(-c2cccc3cccc(-c4ccc5ccccc5c4)c23)c1. The first-order chi connectivity index (χ1) is 12.9. The fraction of sp³-hybridized carbons (Fsp3) is 0. The van der Waals surface area contributed by atoms with Gasteiger partial charge in [-0.1, -0.05) is 78.9 Å². The summed E-state index contributed by atoms with van der Waals surface area (Å²) >= 11 is 0. The topological polar surface area (TPSA) is 12.9 Å². The first-order valence-electron chi connectivity index (χ1n) is 8.81. The standard InChI is InChI=1S/C25H17N/c1-2-7-20-16-21(14-13-18(20)6-1)23-11-3-8-19-9-4-12-24(25(19)23)22-10-5-15-26-17-22/h1-17H. The second kappa shape index (κ2) is 6.12. The molecule has 1 heterocycles. The van der Waals surface area contributed by atoms with E-state index in [2.05, 4.69) is 89.9 Å². The van der Waals surface area contributed by atoms with Crippen LogP contribution < -0.4 is 0 Å². The van der Waals surface area contributed by atoms with E-state index in [1.165, 1.54) is 38.2 Å². The van der Waals surface area contributed by atoms with Crippen LogP contribution >= 0.6 is 0 Å². The van der Waals surface area contributed by atoms with E-state index in [1.807, 2.05) is 18.5 Å². The summed E-state index contributed by atoms with van der Waals surface area (Å²) in [6.07, 6.45) is 3.75. The molecule has 0 saturated heterocycles. The minimum Gasteiger partial charge on any atom is -0.264 e. The van der Waals surface area contributed by atoms with Gasteiger partial charge in [0.05, 0.1) is 0 Å². The second-order valence-corrected chi connectivity index (χ2v) is 6.51. The number of hydrogen-bond donors (Lipinski definition) is 0. The Morgan fingerprint density at radius 3 is 2.00 bits per heavy atom. The molecule has 0 spiro atoms. The molecule has 1 nitrogen and oxygen atoms in total. The molecule has 0 atom stereocenters. The van der Waals surface area contributed by atoms with Gasteiger partial charge in [0.2, 0.25) is 0 Å². The van der Waals surface area contributed by atoms with E-state index in [0.717, 1.165) is 5.56 Å². The summed E-state index contributed by atoms with van der Waals surface area (Å²) in [4.78, 5) is 4.31. The van der Waals surface area contributed by atoms with Crippen LogP contribution in [0.5, 0.6) is 0 Å². The molecule has 0 radical (unpaired) electrons. The van der Waals surface area contributed by atoms with Crippen LogP contribution in [0, 0.1) is 0 Å². The zero-order valence-corrected chi connectivity index (χ0v) is 14.3. The molecule has 5 aromatic rings. The molecule has 0 amide bonds. The summed E-state index contributed by atoms with van der Waals surface area (Å²) in [6.45, 7) is 0. The number of rotatable bonds is 2. The van der Waals surface area contributed by atoms with Crippen LogP contribution in [0.1, 0.15) is 0 Å². The van der Waals surface area contributed by atoms with Crippen molar-refractivity contribution in [2.75, 3.05) is 0 Å². The lowest BCUT2D eigenvalue weighted by Gasteiger charge is -2.13. The van der Waals surface area contributed by atoms with Crippen molar-refractivity contribution in [3.63, 3.8) is 0 Å². The number of aromatic nitrogens is 1. The molecule has 26 heavy (non-hydrogen) atoms. The smallest absolute Gasteiger partial charge is 0.0346 e. The molecule has 0 aliphatic carbocycles. The van der Waals surface area contributed by atoms with Crippen LogP contribution in [0.25, 0.3) is 43.8 Å². The zero-order valence-electron chi connectivity index (χ0n) is 14.3. The largest absolute Gasteiger partial charge is 0.264 e. The normalized spacial score (nSPS) is 11.1. The zero-order chi connectivity index (χ0) is 17.3. The maximum Gasteiger partial charge on any atom is 0.0346 e. The van der Waals surface area contributed by atoms with E-state index in [-0.39, 0.29) is 0 Å². The molecule has 0 aliphatic rings. The first kappa shape index (κ1) is 14.9. The minimum absolute atomic E-state index is 1.14. The van der Waals surface area contributed by atoms with Gasteiger partial charge in [0.15, 0.2) is 0 Å². The van der Waals surface area contributed by atoms with Gasteiger partial charge >= 0.3 is 0 Å². The fourth-order valence-corrected chi connectivity index (χ4v) is 3.70. The minimum atomic E-state index is 1.14. The number of hydrogen-bond acceptors (Lipinski definition) is 1. The van der Waals surface area contributed by atoms with E-state index in [4.69, 9.17) is 0 Å². The molecule has 4 aromatic carbocycles. The van der Waals surface area contributed by atoms with Crippen LogP contribution in [-0.4, -0.2) is 4.98 Å². The number of fused-ring (bicyclic) bond motifs is 2. The molecule has 0 aliphatic heterocycles. The molecule has 122 valence electrons. The summed E-state index contributed by atoms with van der Waals surface area (Å²) < 4.78 is 0. The quantitative estimate of drug-likeness (QED) is 0.350. The highest BCUT2D eigenvalue weighted by molar-refractivity contribution is 6.07. The molecular weight excluding hydrogens is 314 g/mol. The highest BCUT2D eigenvalue weighted by atomic mass is 14.6. The van der Waals surface area contributed by atoms with Crippen LogP contribution in [-0.2, 0) is 0 Å². The number of benzene rings is 4. The van der Waals surface area contributed by atoms with Crippen molar-refractivity contribution < 1.29 is 0 Å². The van der Waals surface area contributed by atoms with Crippen molar-refractivity contribution in [1.82, 2.24) is 4.98 Å². The molecule has 0 fully saturated rings. The lowest BCUT2D eigenvalue weighted by atomic mass is 9.91. The van der Waals surface area contributed by atoms with Gasteiger partial charge in [0.1, 0.15) is 0 Å². The molecule has 0 N–H and O–H groups in total. The van der Waals surface area contributed by atoms with Crippen LogP contribution in [0.2, 0.25) is 0 Å². The highest BCUT2D eigenvalue weighted by Gasteiger charge is 2.10. The number of pyridine rings is 1. The predicted molar refractivity (Wildman–Crippen MR) is 110 cm³/mol.